The summed E-state index contributed by atoms with van der Waals surface area (Å²) >= 11 is 0. The molecule has 1 atom stereocenters. The molecule has 0 radical (unpaired) electrons. The lowest BCUT2D eigenvalue weighted by Crippen LogP contribution is -2.39. The second-order valence-electron chi connectivity index (χ2n) is 4.50. The average molecular weight is 286 g/mol. The van der Waals surface area contributed by atoms with Crippen molar-refractivity contribution >= 4 is 11.2 Å². The molecule has 1 N–H and O–H groups in total. The van der Waals surface area contributed by atoms with Gasteiger partial charge in [-0.15, -0.1) is 0 Å². The predicted molar refractivity (Wildman–Crippen MR) is 75.7 cm³/mol. The third kappa shape index (κ3) is 2.53. The summed E-state index contributed by atoms with van der Waals surface area (Å²) in [6.07, 6.45) is -3.77. The Balaban J connectivity index is 2.55. The molecule has 2 heterocycles. The quantitative estimate of drug-likeness (QED) is 0.838. The van der Waals surface area contributed by atoms with Crippen molar-refractivity contribution in [2.24, 2.45) is 14.0 Å². The van der Waals surface area contributed by atoms with Crippen LogP contribution in [0.25, 0.3) is 11.2 Å². The molecule has 0 saturated carbocycles. The van der Waals surface area contributed by atoms with Crippen LogP contribution in [-0.2, 0) is 20.6 Å². The summed E-state index contributed by atoms with van der Waals surface area (Å²) in [5.41, 5.74) is -2.22. The number of nitrogens with zero attached hydrogens (tertiary/aromatic N) is 4. The van der Waals surface area contributed by atoms with Gasteiger partial charge in [-0.05, 0) is 26.1 Å². The molecule has 0 unspecified atom stereocenters. The van der Waals surface area contributed by atoms with Gasteiger partial charge < -0.3 is 9.67 Å². The maximum Gasteiger partial charge on any atom is 0.332 e. The third-order valence-electron chi connectivity index (χ3n) is 2.97. The number of aliphatic hydroxyl groups excluding tert-OH is 1. The Kier molecular flexibility index (Phi) is 2.36. The zero-order valence-electron chi connectivity index (χ0n) is 17.3. The van der Waals surface area contributed by atoms with Crippen molar-refractivity contribution in [3.63, 3.8) is 0 Å². The lowest BCUT2D eigenvalue weighted by atomic mass is 10.2. The van der Waals surface area contributed by atoms with Gasteiger partial charge in [-0.25, -0.2) is 9.78 Å². The fourth-order valence-electron chi connectivity index (χ4n) is 1.96. The highest BCUT2D eigenvalue weighted by atomic mass is 16.3. The smallest absolute Gasteiger partial charge is 0.332 e. The van der Waals surface area contributed by atoms with Crippen LogP contribution in [0, 0.1) is 0 Å². The van der Waals surface area contributed by atoms with Gasteiger partial charge >= 0.3 is 5.69 Å². The van der Waals surface area contributed by atoms with Crippen LogP contribution in [0.4, 0.5) is 0 Å². The van der Waals surface area contributed by atoms with Gasteiger partial charge in [-0.3, -0.25) is 13.9 Å². The van der Waals surface area contributed by atoms with E-state index in [1.54, 1.807) is 0 Å². The molecule has 7 nitrogen and oxygen atoms in total. The van der Waals surface area contributed by atoms with Gasteiger partial charge in [0.15, 0.2) is 11.2 Å². The molecule has 2 aromatic rings. The van der Waals surface area contributed by atoms with E-state index < -0.39 is 37.0 Å². The number of hydrogen-bond acceptors (Lipinski definition) is 4. The number of imidazole rings is 1. The van der Waals surface area contributed by atoms with Crippen LogP contribution < -0.4 is 11.2 Å². The van der Waals surface area contributed by atoms with Crippen molar-refractivity contribution in [3.8, 4) is 0 Å². The maximum absolute atomic E-state index is 12.7. The topological polar surface area (TPSA) is 82.1 Å². The van der Waals surface area contributed by atoms with E-state index in [-0.39, 0.29) is 30.6 Å². The van der Waals surface area contributed by atoms with E-state index in [1.807, 2.05) is 0 Å². The molecule has 2 rings (SSSR count). The van der Waals surface area contributed by atoms with Crippen molar-refractivity contribution in [3.05, 3.63) is 27.1 Å². The fourth-order valence-corrected chi connectivity index (χ4v) is 1.96. The predicted octanol–water partition coefficient (Wildman–Crippen LogP) is -0.0152. The van der Waals surface area contributed by atoms with E-state index in [1.165, 1.54) is 14.0 Å². The van der Waals surface area contributed by atoms with Gasteiger partial charge in [-0.1, -0.05) is 0 Å². The van der Waals surface area contributed by atoms with Crippen molar-refractivity contribution in [2.75, 3.05) is 0 Å². The number of rotatable bonds is 5. The number of aromatic nitrogens is 4. The normalized spacial score (nSPS) is 18.8. The van der Waals surface area contributed by atoms with E-state index in [9.17, 15) is 14.7 Å². The van der Waals surface area contributed by atoms with Gasteiger partial charge in [0.05, 0.1) is 12.4 Å². The molecule has 0 aromatic carbocycles. The minimum absolute atomic E-state index is 0.0776. The van der Waals surface area contributed by atoms with Crippen LogP contribution in [0.5, 0.6) is 0 Å². The second kappa shape index (κ2) is 5.62. The first kappa shape index (κ1) is 8.41. The molecule has 0 aliphatic carbocycles. The minimum atomic E-state index is -2.82. The van der Waals surface area contributed by atoms with Crippen molar-refractivity contribution in [1.82, 2.24) is 18.7 Å². The van der Waals surface area contributed by atoms with Crippen LogP contribution in [0.1, 0.15) is 34.4 Å². The van der Waals surface area contributed by atoms with E-state index in [4.69, 9.17) is 8.22 Å². The van der Waals surface area contributed by atoms with E-state index in [0.29, 0.717) is 4.57 Å². The summed E-state index contributed by atoms with van der Waals surface area (Å²) in [5, 5.41) is 9.40. The molecular formula is C13H20N4O3. The highest BCUT2D eigenvalue weighted by Gasteiger charge is 2.14. The third-order valence-corrected chi connectivity index (χ3v) is 2.97. The van der Waals surface area contributed by atoms with Crippen LogP contribution in [-0.4, -0.2) is 29.9 Å². The molecular weight excluding hydrogens is 260 g/mol. The fraction of sp³-hybridized carbons (Fsp3) is 0.615. The molecule has 0 aliphatic rings. The molecule has 0 amide bonds. The summed E-state index contributed by atoms with van der Waals surface area (Å²) < 4.78 is 47.8. The van der Waals surface area contributed by atoms with Crippen LogP contribution >= 0.6 is 0 Å². The highest BCUT2D eigenvalue weighted by molar-refractivity contribution is 5.69. The van der Waals surface area contributed by atoms with E-state index >= 15 is 0 Å². The summed E-state index contributed by atoms with van der Waals surface area (Å²) in [5.74, 6) is 0. The molecule has 7 heteroatoms. The first-order valence-electron chi connectivity index (χ1n) is 9.16. The summed E-state index contributed by atoms with van der Waals surface area (Å²) in [6, 6.07) is 0. The van der Waals surface area contributed by atoms with Crippen molar-refractivity contribution in [1.29, 1.82) is 0 Å². The molecule has 0 spiro atoms. The molecule has 0 saturated heterocycles. The van der Waals surface area contributed by atoms with Gasteiger partial charge in [0.1, 0.15) is 1.37 Å². The van der Waals surface area contributed by atoms with Crippen molar-refractivity contribution in [2.45, 2.75) is 38.8 Å². The number of aliphatic hydroxyl groups is 1. The second-order valence-corrected chi connectivity index (χ2v) is 4.50. The van der Waals surface area contributed by atoms with Gasteiger partial charge in [0.25, 0.3) is 5.56 Å². The first-order valence-corrected chi connectivity index (χ1v) is 6.16. The Bertz CT molecular complexity index is 940. The molecule has 0 aliphatic heterocycles. The molecule has 2 aromatic heterocycles. The zero-order chi connectivity index (χ0) is 20.0. The number of aryl methyl sites for hydroxylation is 2. The zero-order valence-corrected chi connectivity index (χ0v) is 11.3. The van der Waals surface area contributed by atoms with Crippen LogP contribution in [0.15, 0.2) is 15.9 Å². The first-order chi connectivity index (χ1) is 11.8. The Morgan fingerprint density at radius 3 is 2.95 bits per heavy atom. The van der Waals surface area contributed by atoms with E-state index in [0.717, 1.165) is 9.13 Å². The number of hydrogen-bond donors (Lipinski definition) is 1. The Labute approximate surface area is 124 Å². The molecule has 20 heavy (non-hydrogen) atoms. The maximum atomic E-state index is 12.7. The Hall–Kier alpha value is -1.89. The van der Waals surface area contributed by atoms with Crippen molar-refractivity contribution < 1.29 is 13.3 Å². The van der Waals surface area contributed by atoms with Gasteiger partial charge in [0.2, 0.25) is 0 Å². The van der Waals surface area contributed by atoms with E-state index in [2.05, 4.69) is 4.98 Å². The number of fused-ring (bicyclic) bond motifs is 1. The van der Waals surface area contributed by atoms with Crippen LogP contribution in [0.3, 0.4) is 0 Å². The monoisotopic (exact) mass is 286 g/mol. The largest absolute Gasteiger partial charge is 0.393 e. The average Bonchev–Trinajstić information content (AvgIpc) is 2.86. The Morgan fingerprint density at radius 1 is 1.55 bits per heavy atom. The summed E-state index contributed by atoms with van der Waals surface area (Å²) in [7, 11) is 1.31. The lowest BCUT2D eigenvalue weighted by Gasteiger charge is -2.09. The SMILES string of the molecule is [2H]c1nc2c(c(=O)n(CCCC([2H])([2H])[C@H](C)O)c(=O)n2C)n1C([2H])([2H])[2H]. The van der Waals surface area contributed by atoms with Gasteiger partial charge in [0, 0.05) is 27.4 Å². The minimum Gasteiger partial charge on any atom is -0.393 e. The summed E-state index contributed by atoms with van der Waals surface area (Å²) in [4.78, 5) is 28.8. The molecule has 0 bridgehead atoms. The Morgan fingerprint density at radius 2 is 2.30 bits per heavy atom. The molecule has 0 fully saturated rings. The molecule has 110 valence electrons. The summed E-state index contributed by atoms with van der Waals surface area (Å²) in [6.45, 7) is -1.67. The highest BCUT2D eigenvalue weighted by Crippen LogP contribution is 2.04. The lowest BCUT2D eigenvalue weighted by molar-refractivity contribution is 0.180. The van der Waals surface area contributed by atoms with Crippen LogP contribution in [0.2, 0.25) is 0 Å². The van der Waals surface area contributed by atoms with Gasteiger partial charge in [-0.2, -0.15) is 0 Å². The standard InChI is InChI=1S/C13H20N4O3/c1-9(18)6-4-5-7-17-12(19)10-11(14-8-15(10)2)16(3)13(17)20/h8-9,18H,4-7H2,1-3H3/t9-/m0/s1/i2D3,6D2,8D.